The molecule has 0 amide bonds. The normalized spacial score (nSPS) is 25.5. The lowest BCUT2D eigenvalue weighted by Crippen LogP contribution is -2.15. The van der Waals surface area contributed by atoms with Crippen LogP contribution < -0.4 is 5.32 Å². The molecule has 0 saturated carbocycles. The average molecular weight is 567 g/mol. The van der Waals surface area contributed by atoms with Crippen LogP contribution in [0, 0.1) is 11.8 Å². The van der Waals surface area contributed by atoms with Crippen LogP contribution in [0.15, 0.2) is 106 Å². The molecular weight excluding hydrogens is 528 g/mol. The number of nitrogens with one attached hydrogen (secondary N) is 1. The van der Waals surface area contributed by atoms with Crippen molar-refractivity contribution < 1.29 is 19.7 Å². The molecule has 0 unspecified atom stereocenters. The molecule has 0 aromatic carbocycles. The Morgan fingerprint density at radius 2 is 1.83 bits per heavy atom. The van der Waals surface area contributed by atoms with Crippen LogP contribution in [0.1, 0.15) is 67.2 Å². The van der Waals surface area contributed by atoms with Crippen molar-refractivity contribution in [3.8, 4) is 0 Å². The van der Waals surface area contributed by atoms with Gasteiger partial charge in [0.2, 0.25) is 0 Å². The molecule has 1 aliphatic carbocycles. The number of aliphatic hydroxyl groups excluding tert-OH is 2. The molecule has 0 aromatic heterocycles. The van der Waals surface area contributed by atoms with Crippen LogP contribution in [0.2, 0.25) is 0 Å². The number of allylic oxidation sites excluding steroid dienone is 11. The van der Waals surface area contributed by atoms with Gasteiger partial charge in [0.25, 0.3) is 0 Å². The van der Waals surface area contributed by atoms with E-state index in [1.54, 1.807) is 6.92 Å². The summed E-state index contributed by atoms with van der Waals surface area (Å²) in [6.07, 6.45) is 7.41. The third-order valence-electron chi connectivity index (χ3n) is 9.40. The number of aliphatic imine (C=N–C) groups is 3. The lowest BCUT2D eigenvalue weighted by atomic mass is 9.89. The average Bonchev–Trinajstić information content (AvgIpc) is 3.70. The fourth-order valence-electron chi connectivity index (χ4n) is 6.99. The van der Waals surface area contributed by atoms with E-state index in [1.807, 2.05) is 26.8 Å². The SMILES string of the molecule is CC[C@H]1C2=CC3=C(C)C4=C(O)CC(=C5N=C(C=C6N=C(C=C(N2)[C@@H]1C)C([C@H](C)O)=C6C)C(C)=C5CCC(=O)OC)C4=N3. The first-order valence-corrected chi connectivity index (χ1v) is 14.8. The van der Waals surface area contributed by atoms with Gasteiger partial charge in [0, 0.05) is 52.8 Å². The minimum atomic E-state index is -0.692. The first-order chi connectivity index (χ1) is 20.0. The summed E-state index contributed by atoms with van der Waals surface area (Å²) in [6, 6.07) is 0. The molecule has 6 aliphatic rings. The zero-order valence-electron chi connectivity index (χ0n) is 25.3. The maximum atomic E-state index is 12.2. The Kier molecular flexibility index (Phi) is 6.92. The number of carbonyl (C=O) groups excluding carboxylic acids is 1. The highest BCUT2D eigenvalue weighted by Gasteiger charge is 2.38. The fraction of sp³-hybridized carbons (Fsp3) is 0.412. The van der Waals surface area contributed by atoms with E-state index in [1.165, 1.54) is 7.11 Å². The first kappa shape index (κ1) is 28.1. The standard InChI is InChI=1S/C34H38N4O4/c1-8-20-15(2)23-14-28-31(19(6)39)17(4)25(36-28)12-24-16(3)21(9-10-30(41)42-7)33(37-24)22-11-29(40)32-18(5)26(38-34(22)32)13-27(20)35-23/h12-15,19-20,35,39-40H,8-11H2,1-7H3/t15-,19+,20-/m1/s1. The summed E-state index contributed by atoms with van der Waals surface area (Å²) in [5.74, 6) is 0.498. The molecule has 3 N–H and O–H groups in total. The Hall–Kier alpha value is -4.04. The molecule has 42 heavy (non-hydrogen) atoms. The summed E-state index contributed by atoms with van der Waals surface area (Å²) in [5, 5.41) is 25.6. The molecule has 5 heterocycles. The number of rotatable bonds is 5. The van der Waals surface area contributed by atoms with Crippen molar-refractivity contribution in [2.45, 2.75) is 73.3 Å². The number of aliphatic hydroxyl groups is 2. The third kappa shape index (κ3) is 4.31. The molecule has 8 nitrogen and oxygen atoms in total. The van der Waals surface area contributed by atoms with Gasteiger partial charge in [-0.25, -0.2) is 15.0 Å². The molecule has 0 radical (unpaired) electrons. The third-order valence-corrected chi connectivity index (χ3v) is 9.40. The van der Waals surface area contributed by atoms with E-state index in [-0.39, 0.29) is 24.2 Å². The number of methoxy groups -OCH3 is 1. The Labute approximate surface area is 246 Å². The topological polar surface area (TPSA) is 116 Å². The second-order valence-electron chi connectivity index (χ2n) is 11.8. The van der Waals surface area contributed by atoms with Crippen LogP contribution in [0.4, 0.5) is 0 Å². The molecule has 8 bridgehead atoms. The maximum Gasteiger partial charge on any atom is 0.305 e. The maximum absolute atomic E-state index is 12.2. The molecule has 0 spiro atoms. The molecule has 6 rings (SSSR count). The van der Waals surface area contributed by atoms with Gasteiger partial charge in [-0.15, -0.1) is 0 Å². The summed E-state index contributed by atoms with van der Waals surface area (Å²) < 4.78 is 4.94. The molecule has 1 fully saturated rings. The van der Waals surface area contributed by atoms with Gasteiger partial charge in [-0.3, -0.25) is 4.79 Å². The van der Waals surface area contributed by atoms with Crippen molar-refractivity contribution >= 4 is 23.1 Å². The van der Waals surface area contributed by atoms with Gasteiger partial charge < -0.3 is 20.3 Å². The Morgan fingerprint density at radius 1 is 1.07 bits per heavy atom. The van der Waals surface area contributed by atoms with Crippen molar-refractivity contribution in [1.29, 1.82) is 0 Å². The van der Waals surface area contributed by atoms with E-state index < -0.39 is 6.10 Å². The van der Waals surface area contributed by atoms with E-state index >= 15 is 0 Å². The Bertz CT molecular complexity index is 1680. The van der Waals surface area contributed by atoms with Crippen LogP contribution in [-0.4, -0.2) is 46.5 Å². The summed E-state index contributed by atoms with van der Waals surface area (Å²) in [7, 11) is 1.39. The zero-order chi connectivity index (χ0) is 30.0. The largest absolute Gasteiger partial charge is 0.511 e. The second kappa shape index (κ2) is 10.3. The molecule has 0 aromatic rings. The molecule has 5 aliphatic heterocycles. The van der Waals surface area contributed by atoms with E-state index in [2.05, 4.69) is 31.3 Å². The van der Waals surface area contributed by atoms with Crippen molar-refractivity contribution in [3.63, 3.8) is 0 Å². The van der Waals surface area contributed by atoms with Gasteiger partial charge in [0.15, 0.2) is 0 Å². The van der Waals surface area contributed by atoms with Crippen LogP contribution in [-0.2, 0) is 9.53 Å². The van der Waals surface area contributed by atoms with Crippen LogP contribution in [0.5, 0.6) is 0 Å². The predicted molar refractivity (Wildman–Crippen MR) is 165 cm³/mol. The van der Waals surface area contributed by atoms with Gasteiger partial charge >= 0.3 is 5.97 Å². The van der Waals surface area contributed by atoms with Gasteiger partial charge in [-0.2, -0.15) is 0 Å². The van der Waals surface area contributed by atoms with Crippen molar-refractivity contribution in [1.82, 2.24) is 5.32 Å². The summed E-state index contributed by atoms with van der Waals surface area (Å²) in [4.78, 5) is 27.4. The molecule has 218 valence electrons. The number of hydrogen-bond acceptors (Lipinski definition) is 8. The van der Waals surface area contributed by atoms with Gasteiger partial charge in [0.1, 0.15) is 5.76 Å². The second-order valence-corrected chi connectivity index (χ2v) is 11.8. The first-order valence-electron chi connectivity index (χ1n) is 14.8. The highest BCUT2D eigenvalue weighted by Crippen LogP contribution is 2.45. The van der Waals surface area contributed by atoms with Gasteiger partial charge in [0.05, 0.1) is 47.4 Å². The number of fused-ring (bicyclic) bond motifs is 5. The number of esters is 1. The van der Waals surface area contributed by atoms with Gasteiger partial charge in [-0.05, 0) is 81.1 Å². The lowest BCUT2D eigenvalue weighted by Gasteiger charge is -2.13. The lowest BCUT2D eigenvalue weighted by molar-refractivity contribution is -0.140. The highest BCUT2D eigenvalue weighted by atomic mass is 16.5. The van der Waals surface area contributed by atoms with Crippen LogP contribution in [0.3, 0.4) is 0 Å². The minimum Gasteiger partial charge on any atom is -0.511 e. The van der Waals surface area contributed by atoms with Crippen molar-refractivity contribution in [2.24, 2.45) is 26.8 Å². The molecular formula is C34H38N4O4. The van der Waals surface area contributed by atoms with E-state index in [9.17, 15) is 15.0 Å². The molecule has 3 atom stereocenters. The van der Waals surface area contributed by atoms with E-state index in [0.717, 1.165) is 91.1 Å². The number of nitrogens with zero attached hydrogens (tertiary/aromatic N) is 3. The fourth-order valence-corrected chi connectivity index (χ4v) is 6.99. The molecule has 8 heteroatoms. The van der Waals surface area contributed by atoms with Crippen LogP contribution >= 0.6 is 0 Å². The summed E-state index contributed by atoms with van der Waals surface area (Å²) >= 11 is 0. The Morgan fingerprint density at radius 3 is 2.52 bits per heavy atom. The van der Waals surface area contributed by atoms with Crippen molar-refractivity contribution in [2.75, 3.05) is 7.11 Å². The Balaban J connectivity index is 1.61. The van der Waals surface area contributed by atoms with Crippen molar-refractivity contribution in [3.05, 3.63) is 91.5 Å². The predicted octanol–water partition coefficient (Wildman–Crippen LogP) is 5.99. The van der Waals surface area contributed by atoms with Crippen LogP contribution in [0.25, 0.3) is 0 Å². The smallest absolute Gasteiger partial charge is 0.305 e. The minimum absolute atomic E-state index is 0.218. The van der Waals surface area contributed by atoms with E-state index in [4.69, 9.17) is 19.7 Å². The quantitative estimate of drug-likeness (QED) is 0.354. The van der Waals surface area contributed by atoms with E-state index in [0.29, 0.717) is 18.6 Å². The number of carbonyl (C=O) groups is 1. The number of hydrogen-bond donors (Lipinski definition) is 3. The number of ether oxygens (including phenoxy) is 1. The molecule has 1 saturated heterocycles. The summed E-state index contributed by atoms with van der Waals surface area (Å²) in [6.45, 7) is 12.2. The highest BCUT2D eigenvalue weighted by molar-refractivity contribution is 6.22. The van der Waals surface area contributed by atoms with Gasteiger partial charge in [-0.1, -0.05) is 13.8 Å². The zero-order valence-corrected chi connectivity index (χ0v) is 25.3. The summed E-state index contributed by atoms with van der Waals surface area (Å²) in [5.41, 5.74) is 12.9. The monoisotopic (exact) mass is 566 g/mol.